The summed E-state index contributed by atoms with van der Waals surface area (Å²) in [5.74, 6) is -0.857. The van der Waals surface area contributed by atoms with Gasteiger partial charge in [0.1, 0.15) is 0 Å². The van der Waals surface area contributed by atoms with Crippen LogP contribution in [0.25, 0.3) is 0 Å². The second-order valence-electron chi connectivity index (χ2n) is 5.53. The van der Waals surface area contributed by atoms with Crippen LogP contribution in [-0.2, 0) is 9.59 Å². The molecule has 106 valence electrons. The highest BCUT2D eigenvalue weighted by Crippen LogP contribution is 2.29. The first-order valence-electron chi connectivity index (χ1n) is 6.46. The van der Waals surface area contributed by atoms with Gasteiger partial charge >= 0.3 is 12.0 Å². The van der Waals surface area contributed by atoms with Crippen LogP contribution < -0.4 is 10.6 Å². The fourth-order valence-corrected chi connectivity index (χ4v) is 2.46. The number of amides is 3. The molecule has 0 saturated carbocycles. The van der Waals surface area contributed by atoms with Gasteiger partial charge in [0.05, 0.1) is 5.41 Å². The molecular weight excluding hydrogens is 250 g/mol. The summed E-state index contributed by atoms with van der Waals surface area (Å²) in [5, 5.41) is 14.6. The Bertz CT molecular complexity index is 412. The number of likely N-dealkylation sites (tertiary alicyclic amines) is 1. The summed E-state index contributed by atoms with van der Waals surface area (Å²) in [7, 11) is 0. The Labute approximate surface area is 111 Å². The zero-order chi connectivity index (χ0) is 14.0. The molecule has 0 spiro atoms. The molecule has 2 saturated heterocycles. The van der Waals surface area contributed by atoms with Gasteiger partial charge in [-0.2, -0.15) is 0 Å². The highest BCUT2D eigenvalue weighted by atomic mass is 16.4. The van der Waals surface area contributed by atoms with Gasteiger partial charge in [0.25, 0.3) is 0 Å². The van der Waals surface area contributed by atoms with Gasteiger partial charge in [0.2, 0.25) is 5.91 Å². The van der Waals surface area contributed by atoms with Crippen LogP contribution in [0.15, 0.2) is 0 Å². The van der Waals surface area contributed by atoms with Crippen molar-refractivity contribution in [2.45, 2.75) is 32.2 Å². The van der Waals surface area contributed by atoms with Crippen molar-refractivity contribution in [3.63, 3.8) is 0 Å². The summed E-state index contributed by atoms with van der Waals surface area (Å²) < 4.78 is 0. The summed E-state index contributed by atoms with van der Waals surface area (Å²) in [6.07, 6.45) is 1.70. The van der Waals surface area contributed by atoms with E-state index in [0.29, 0.717) is 25.9 Å². The predicted octanol–water partition coefficient (Wildman–Crippen LogP) is -0.229. The monoisotopic (exact) mass is 269 g/mol. The summed E-state index contributed by atoms with van der Waals surface area (Å²) in [4.78, 5) is 35.5. The van der Waals surface area contributed by atoms with Crippen molar-refractivity contribution < 1.29 is 19.5 Å². The quantitative estimate of drug-likeness (QED) is 0.659. The molecule has 19 heavy (non-hydrogen) atoms. The Morgan fingerprint density at radius 1 is 1.58 bits per heavy atom. The second kappa shape index (κ2) is 5.07. The zero-order valence-electron chi connectivity index (χ0n) is 10.9. The number of nitrogens with one attached hydrogen (secondary N) is 2. The molecule has 2 fully saturated rings. The Morgan fingerprint density at radius 3 is 2.84 bits per heavy atom. The van der Waals surface area contributed by atoms with E-state index in [-0.39, 0.29) is 24.5 Å². The molecule has 2 aliphatic rings. The highest BCUT2D eigenvalue weighted by molar-refractivity contribution is 5.80. The van der Waals surface area contributed by atoms with Gasteiger partial charge < -0.3 is 20.6 Å². The molecule has 7 nitrogen and oxygen atoms in total. The van der Waals surface area contributed by atoms with E-state index in [2.05, 4.69) is 10.6 Å². The van der Waals surface area contributed by atoms with Crippen molar-refractivity contribution >= 4 is 17.9 Å². The second-order valence-corrected chi connectivity index (χ2v) is 5.53. The van der Waals surface area contributed by atoms with E-state index >= 15 is 0 Å². The molecule has 2 atom stereocenters. The number of hydrogen-bond acceptors (Lipinski definition) is 3. The number of aliphatic carboxylic acids is 1. The van der Waals surface area contributed by atoms with Crippen LogP contribution in [0.3, 0.4) is 0 Å². The number of nitrogens with zero attached hydrogens (tertiary/aromatic N) is 1. The van der Waals surface area contributed by atoms with Gasteiger partial charge in [-0.3, -0.25) is 9.59 Å². The fraction of sp³-hybridized carbons (Fsp3) is 0.750. The number of carboxylic acids is 1. The third kappa shape index (κ3) is 2.97. The molecule has 2 rings (SSSR count). The Morgan fingerprint density at radius 2 is 2.32 bits per heavy atom. The molecule has 7 heteroatoms. The number of carbonyl (C=O) groups excluding carboxylic acids is 2. The maximum Gasteiger partial charge on any atom is 0.317 e. The van der Waals surface area contributed by atoms with Gasteiger partial charge in [-0.25, -0.2) is 4.79 Å². The first kappa shape index (κ1) is 13.6. The summed E-state index contributed by atoms with van der Waals surface area (Å²) in [6, 6.07) is -0.268. The average Bonchev–Trinajstić information content (AvgIpc) is 2.94. The highest BCUT2D eigenvalue weighted by Gasteiger charge is 2.42. The van der Waals surface area contributed by atoms with Crippen LogP contribution in [0, 0.1) is 5.41 Å². The number of rotatable bonds is 3. The third-order valence-electron chi connectivity index (χ3n) is 3.86. The third-order valence-corrected chi connectivity index (χ3v) is 3.86. The standard InChI is InChI=1S/C12H19N3O4/c1-12(10(17)18)4-5-15(7-12)11(19)13-6-8-2-3-9(16)14-8/h8H,2-7H2,1H3,(H,13,19)(H,14,16)(H,17,18). The summed E-state index contributed by atoms with van der Waals surface area (Å²) in [5.41, 5.74) is -0.848. The number of carboxylic acid groups (broad SMARTS) is 1. The topological polar surface area (TPSA) is 98.7 Å². The van der Waals surface area contributed by atoms with Gasteiger partial charge in [-0.05, 0) is 19.8 Å². The first-order chi connectivity index (χ1) is 8.90. The van der Waals surface area contributed by atoms with Crippen molar-refractivity contribution in [1.29, 1.82) is 0 Å². The predicted molar refractivity (Wildman–Crippen MR) is 66.5 cm³/mol. The van der Waals surface area contributed by atoms with Gasteiger partial charge in [0, 0.05) is 32.1 Å². The van der Waals surface area contributed by atoms with Crippen LogP contribution in [0.4, 0.5) is 4.79 Å². The Balaban J connectivity index is 1.78. The molecule has 0 radical (unpaired) electrons. The Hall–Kier alpha value is -1.79. The van der Waals surface area contributed by atoms with Crippen molar-refractivity contribution in [3.8, 4) is 0 Å². The molecule has 0 aromatic heterocycles. The average molecular weight is 269 g/mol. The van der Waals surface area contributed by atoms with Crippen LogP contribution in [-0.4, -0.2) is 53.6 Å². The molecule has 0 aromatic carbocycles. The SMILES string of the molecule is CC1(C(=O)O)CCN(C(=O)NCC2CCC(=O)N2)C1. The lowest BCUT2D eigenvalue weighted by atomic mass is 9.90. The van der Waals surface area contributed by atoms with E-state index in [9.17, 15) is 14.4 Å². The molecule has 3 N–H and O–H groups in total. The van der Waals surface area contributed by atoms with Crippen molar-refractivity contribution in [2.24, 2.45) is 5.41 Å². The van der Waals surface area contributed by atoms with Crippen LogP contribution in [0.5, 0.6) is 0 Å². The minimum atomic E-state index is -0.870. The molecule has 0 aromatic rings. The van der Waals surface area contributed by atoms with E-state index in [0.717, 1.165) is 6.42 Å². The van der Waals surface area contributed by atoms with E-state index in [1.54, 1.807) is 6.92 Å². The molecule has 2 heterocycles. The molecule has 2 aliphatic heterocycles. The van der Waals surface area contributed by atoms with E-state index in [4.69, 9.17) is 5.11 Å². The molecule has 2 unspecified atom stereocenters. The fourth-order valence-electron chi connectivity index (χ4n) is 2.46. The summed E-state index contributed by atoms with van der Waals surface area (Å²) in [6.45, 7) is 2.72. The van der Waals surface area contributed by atoms with Crippen molar-refractivity contribution in [3.05, 3.63) is 0 Å². The van der Waals surface area contributed by atoms with Gasteiger partial charge in [-0.1, -0.05) is 0 Å². The van der Waals surface area contributed by atoms with E-state index in [1.165, 1.54) is 4.90 Å². The maximum absolute atomic E-state index is 11.9. The minimum Gasteiger partial charge on any atom is -0.481 e. The number of urea groups is 1. The Kier molecular flexibility index (Phi) is 3.64. The number of carbonyl (C=O) groups is 3. The largest absolute Gasteiger partial charge is 0.481 e. The van der Waals surface area contributed by atoms with Crippen LogP contribution >= 0.6 is 0 Å². The molecule has 3 amide bonds. The van der Waals surface area contributed by atoms with E-state index < -0.39 is 11.4 Å². The van der Waals surface area contributed by atoms with Gasteiger partial charge in [0.15, 0.2) is 0 Å². The van der Waals surface area contributed by atoms with Gasteiger partial charge in [-0.15, -0.1) is 0 Å². The minimum absolute atomic E-state index is 0.00934. The lowest BCUT2D eigenvalue weighted by molar-refractivity contribution is -0.147. The maximum atomic E-state index is 11.9. The number of hydrogen-bond donors (Lipinski definition) is 3. The zero-order valence-corrected chi connectivity index (χ0v) is 10.9. The van der Waals surface area contributed by atoms with Crippen molar-refractivity contribution in [2.75, 3.05) is 19.6 Å². The van der Waals surface area contributed by atoms with Crippen LogP contribution in [0.2, 0.25) is 0 Å². The van der Waals surface area contributed by atoms with Crippen molar-refractivity contribution in [1.82, 2.24) is 15.5 Å². The normalized spacial score (nSPS) is 30.3. The lowest BCUT2D eigenvalue weighted by Gasteiger charge is -2.21. The first-order valence-corrected chi connectivity index (χ1v) is 6.46. The molecular formula is C12H19N3O4. The van der Waals surface area contributed by atoms with E-state index in [1.807, 2.05) is 0 Å². The molecule has 0 bridgehead atoms. The molecule has 0 aliphatic carbocycles. The summed E-state index contributed by atoms with van der Waals surface area (Å²) >= 11 is 0. The lowest BCUT2D eigenvalue weighted by Crippen LogP contribution is -2.45. The smallest absolute Gasteiger partial charge is 0.317 e. The van der Waals surface area contributed by atoms with Crippen LogP contribution in [0.1, 0.15) is 26.2 Å².